The summed E-state index contributed by atoms with van der Waals surface area (Å²) >= 11 is 0. The third-order valence-corrected chi connectivity index (χ3v) is 7.38. The molecule has 0 saturated carbocycles. The number of nitrogens with zero attached hydrogens (tertiary/aromatic N) is 4. The Morgan fingerprint density at radius 1 is 1.32 bits per heavy atom. The second-order valence-electron chi connectivity index (χ2n) is 7.35. The number of aryl methyl sites for hydroxylation is 2. The van der Waals surface area contributed by atoms with Crippen LogP contribution in [0.4, 0.5) is 0 Å². The van der Waals surface area contributed by atoms with Crippen LogP contribution < -0.4 is 5.32 Å². The molecule has 9 nitrogen and oxygen atoms in total. The summed E-state index contributed by atoms with van der Waals surface area (Å²) < 4.78 is 35.5. The van der Waals surface area contributed by atoms with E-state index in [1.165, 1.54) is 4.31 Å². The van der Waals surface area contributed by atoms with E-state index < -0.39 is 16.1 Å². The van der Waals surface area contributed by atoms with Gasteiger partial charge < -0.3 is 10.1 Å². The summed E-state index contributed by atoms with van der Waals surface area (Å²) in [5.74, 6) is -0.234. The third-order valence-electron chi connectivity index (χ3n) is 5.41. The van der Waals surface area contributed by atoms with Gasteiger partial charge in [-0.25, -0.2) is 13.4 Å². The van der Waals surface area contributed by atoms with E-state index in [4.69, 9.17) is 4.74 Å². The molecule has 1 aliphatic heterocycles. The van der Waals surface area contributed by atoms with Crippen molar-refractivity contribution in [3.8, 4) is 0 Å². The minimum Gasteiger partial charge on any atom is -0.369 e. The molecular weight excluding hydrogens is 418 g/mol. The molecule has 1 amide bonds. The summed E-state index contributed by atoms with van der Waals surface area (Å²) in [7, 11) is -2.16. The predicted octanol–water partition coefficient (Wildman–Crippen LogP) is 1.88. The van der Waals surface area contributed by atoms with E-state index in [2.05, 4.69) is 15.4 Å². The third kappa shape index (κ3) is 3.93. The SMILES string of the molecule is CCn1cc(S(=O)(=O)N2CCO[C@@H](c3cc(C(=O)NC)c4ccccc4n3)C2)c(C)n1. The van der Waals surface area contributed by atoms with Crippen molar-refractivity contribution in [3.63, 3.8) is 0 Å². The van der Waals surface area contributed by atoms with Crippen LogP contribution in [0.15, 0.2) is 41.4 Å². The average Bonchev–Trinajstić information content (AvgIpc) is 3.19. The largest absolute Gasteiger partial charge is 0.369 e. The van der Waals surface area contributed by atoms with Gasteiger partial charge in [0.1, 0.15) is 11.0 Å². The molecule has 0 bridgehead atoms. The molecule has 1 saturated heterocycles. The first-order valence-corrected chi connectivity index (χ1v) is 11.6. The van der Waals surface area contributed by atoms with Crippen molar-refractivity contribution in [2.24, 2.45) is 0 Å². The molecule has 0 spiro atoms. The number of benzene rings is 1. The summed E-state index contributed by atoms with van der Waals surface area (Å²) in [5.41, 5.74) is 2.13. The van der Waals surface area contributed by atoms with Crippen molar-refractivity contribution in [2.45, 2.75) is 31.4 Å². The van der Waals surface area contributed by atoms with E-state index >= 15 is 0 Å². The fourth-order valence-corrected chi connectivity index (χ4v) is 5.35. The number of fused-ring (bicyclic) bond motifs is 1. The van der Waals surface area contributed by atoms with Crippen LogP contribution in [-0.2, 0) is 21.3 Å². The summed E-state index contributed by atoms with van der Waals surface area (Å²) in [6, 6.07) is 9.04. The van der Waals surface area contributed by atoms with Crippen LogP contribution in [0.5, 0.6) is 0 Å². The fourth-order valence-electron chi connectivity index (χ4n) is 3.76. The standard InChI is InChI=1S/C21H25N5O4S/c1-4-25-13-20(14(2)24-25)31(28,29)26-9-10-30-19(12-26)18-11-16(21(27)22-3)15-7-5-6-8-17(15)23-18/h5-8,11,13,19H,4,9-10,12H2,1-3H3,(H,22,27)/t19-/m1/s1. The topological polar surface area (TPSA) is 106 Å². The molecule has 3 heterocycles. The second kappa shape index (κ2) is 8.37. The zero-order valence-electron chi connectivity index (χ0n) is 17.7. The maximum atomic E-state index is 13.3. The number of carbonyl (C=O) groups is 1. The van der Waals surface area contributed by atoms with Crippen LogP contribution in [0.3, 0.4) is 0 Å². The van der Waals surface area contributed by atoms with Crippen molar-refractivity contribution < 1.29 is 17.9 Å². The van der Waals surface area contributed by atoms with Crippen LogP contribution in [0.1, 0.15) is 34.8 Å². The number of amides is 1. The lowest BCUT2D eigenvalue weighted by Gasteiger charge is -2.32. The maximum Gasteiger partial charge on any atom is 0.251 e. The monoisotopic (exact) mass is 443 g/mol. The number of pyridine rings is 1. The molecular formula is C21H25N5O4S. The van der Waals surface area contributed by atoms with Gasteiger partial charge in [0.05, 0.1) is 29.1 Å². The molecule has 0 unspecified atom stereocenters. The lowest BCUT2D eigenvalue weighted by molar-refractivity contribution is -0.00480. The van der Waals surface area contributed by atoms with E-state index in [1.807, 2.05) is 31.2 Å². The summed E-state index contributed by atoms with van der Waals surface area (Å²) in [4.78, 5) is 17.3. The summed E-state index contributed by atoms with van der Waals surface area (Å²) in [6.07, 6.45) is 0.977. The average molecular weight is 444 g/mol. The Kier molecular flexibility index (Phi) is 5.78. The molecule has 164 valence electrons. The Morgan fingerprint density at radius 3 is 2.81 bits per heavy atom. The number of sulfonamides is 1. The number of ether oxygens (including phenoxy) is 1. The fraction of sp³-hybridized carbons (Fsp3) is 0.381. The first kappa shape index (κ1) is 21.4. The van der Waals surface area contributed by atoms with Gasteiger partial charge in [-0.2, -0.15) is 9.40 Å². The molecule has 2 aromatic heterocycles. The van der Waals surface area contributed by atoms with Crippen molar-refractivity contribution in [1.29, 1.82) is 0 Å². The number of aromatic nitrogens is 3. The number of nitrogens with one attached hydrogen (secondary N) is 1. The molecule has 31 heavy (non-hydrogen) atoms. The van der Waals surface area contributed by atoms with Crippen LogP contribution in [0, 0.1) is 6.92 Å². The molecule has 1 atom stereocenters. The van der Waals surface area contributed by atoms with Gasteiger partial charge in [-0.1, -0.05) is 18.2 Å². The molecule has 1 aliphatic rings. The molecule has 1 aromatic carbocycles. The van der Waals surface area contributed by atoms with Crippen LogP contribution in [0.25, 0.3) is 10.9 Å². The smallest absolute Gasteiger partial charge is 0.251 e. The highest BCUT2D eigenvalue weighted by atomic mass is 32.2. The minimum atomic E-state index is -3.73. The number of para-hydroxylation sites is 1. The van der Waals surface area contributed by atoms with Crippen molar-refractivity contribution >= 4 is 26.8 Å². The van der Waals surface area contributed by atoms with Crippen molar-refractivity contribution in [1.82, 2.24) is 24.4 Å². The van der Waals surface area contributed by atoms with Gasteiger partial charge in [-0.3, -0.25) is 9.48 Å². The maximum absolute atomic E-state index is 13.3. The second-order valence-corrected chi connectivity index (χ2v) is 9.25. The van der Waals surface area contributed by atoms with E-state index in [0.29, 0.717) is 29.0 Å². The Bertz CT molecular complexity index is 1240. The molecule has 1 fully saturated rings. The van der Waals surface area contributed by atoms with E-state index in [1.54, 1.807) is 30.9 Å². The Balaban J connectivity index is 1.69. The zero-order chi connectivity index (χ0) is 22.2. The van der Waals surface area contributed by atoms with E-state index in [-0.39, 0.29) is 30.5 Å². The predicted molar refractivity (Wildman–Crippen MR) is 115 cm³/mol. The number of morpholine rings is 1. The Morgan fingerprint density at radius 2 is 2.10 bits per heavy atom. The van der Waals surface area contributed by atoms with Gasteiger partial charge in [-0.15, -0.1) is 0 Å². The van der Waals surface area contributed by atoms with Crippen LogP contribution >= 0.6 is 0 Å². The Labute approximate surface area is 181 Å². The normalized spacial score (nSPS) is 17.7. The Hall–Kier alpha value is -2.82. The number of rotatable bonds is 5. The van der Waals surface area contributed by atoms with Gasteiger partial charge in [0.2, 0.25) is 10.0 Å². The molecule has 0 radical (unpaired) electrons. The number of hydrogen-bond acceptors (Lipinski definition) is 6. The first-order chi connectivity index (χ1) is 14.8. The highest BCUT2D eigenvalue weighted by Gasteiger charge is 2.34. The molecule has 4 rings (SSSR count). The number of carbonyl (C=O) groups excluding carboxylic acids is 1. The van der Waals surface area contributed by atoms with Crippen molar-refractivity contribution in [2.75, 3.05) is 26.7 Å². The van der Waals surface area contributed by atoms with Crippen molar-refractivity contribution in [3.05, 3.63) is 53.5 Å². The van der Waals surface area contributed by atoms with E-state index in [0.717, 1.165) is 5.39 Å². The summed E-state index contributed by atoms with van der Waals surface area (Å²) in [6.45, 7) is 4.77. The molecule has 3 aromatic rings. The zero-order valence-corrected chi connectivity index (χ0v) is 18.5. The molecule has 0 aliphatic carbocycles. The van der Waals surface area contributed by atoms with Gasteiger partial charge in [-0.05, 0) is 26.0 Å². The van der Waals surface area contributed by atoms with Gasteiger partial charge >= 0.3 is 0 Å². The highest BCUT2D eigenvalue weighted by molar-refractivity contribution is 7.89. The van der Waals surface area contributed by atoms with Gasteiger partial charge in [0.15, 0.2) is 0 Å². The van der Waals surface area contributed by atoms with E-state index in [9.17, 15) is 13.2 Å². The lowest BCUT2D eigenvalue weighted by atomic mass is 10.0. The summed E-state index contributed by atoms with van der Waals surface area (Å²) in [5, 5.41) is 7.64. The number of hydrogen-bond donors (Lipinski definition) is 1. The van der Waals surface area contributed by atoms with Gasteiger partial charge in [0, 0.05) is 38.3 Å². The molecule has 10 heteroatoms. The highest BCUT2D eigenvalue weighted by Crippen LogP contribution is 2.29. The van der Waals surface area contributed by atoms with Crippen LogP contribution in [-0.4, -0.2) is 60.1 Å². The quantitative estimate of drug-likeness (QED) is 0.645. The van der Waals surface area contributed by atoms with Crippen LogP contribution in [0.2, 0.25) is 0 Å². The first-order valence-electron chi connectivity index (χ1n) is 10.1. The van der Waals surface area contributed by atoms with Gasteiger partial charge in [0.25, 0.3) is 5.91 Å². The lowest BCUT2D eigenvalue weighted by Crippen LogP contribution is -2.42. The minimum absolute atomic E-state index is 0.109. The molecule has 1 N–H and O–H groups in total.